The first-order chi connectivity index (χ1) is 7.22. The van der Waals surface area contributed by atoms with Crippen molar-refractivity contribution in [1.82, 2.24) is 5.32 Å². The summed E-state index contributed by atoms with van der Waals surface area (Å²) in [6.07, 6.45) is 5.35. The van der Waals surface area contributed by atoms with Gasteiger partial charge in [0.2, 0.25) is 0 Å². The first kappa shape index (κ1) is 11.4. The van der Waals surface area contributed by atoms with Gasteiger partial charge in [0.15, 0.2) is 0 Å². The fourth-order valence-electron chi connectivity index (χ4n) is 1.14. The van der Waals surface area contributed by atoms with Crippen LogP contribution in [0.3, 0.4) is 0 Å². The third kappa shape index (κ3) is 4.35. The molecule has 0 aliphatic rings. The molecule has 1 atom stereocenters. The van der Waals surface area contributed by atoms with Crippen LogP contribution in [0.5, 0.6) is 0 Å². The average Bonchev–Trinajstić information content (AvgIpc) is 2.70. The molecule has 0 amide bonds. The second kappa shape index (κ2) is 5.90. The Kier molecular flexibility index (Phi) is 4.47. The van der Waals surface area contributed by atoms with Crippen LogP contribution in [-0.2, 0) is 16.0 Å². The van der Waals surface area contributed by atoms with Gasteiger partial charge in [-0.25, -0.2) is 4.79 Å². The Morgan fingerprint density at radius 3 is 3.13 bits per heavy atom. The van der Waals surface area contributed by atoms with E-state index in [9.17, 15) is 4.79 Å². The quantitative estimate of drug-likeness (QED) is 0.589. The summed E-state index contributed by atoms with van der Waals surface area (Å²) in [4.78, 5) is 10.7. The van der Waals surface area contributed by atoms with E-state index in [0.717, 1.165) is 12.2 Å². The first-order valence-corrected chi connectivity index (χ1v) is 4.75. The molecule has 0 radical (unpaired) electrons. The summed E-state index contributed by atoms with van der Waals surface area (Å²) in [5, 5.41) is 3.04. The van der Waals surface area contributed by atoms with Crippen molar-refractivity contribution in [2.45, 2.75) is 19.4 Å². The first-order valence-electron chi connectivity index (χ1n) is 4.75. The van der Waals surface area contributed by atoms with E-state index < -0.39 is 0 Å². The molecule has 15 heavy (non-hydrogen) atoms. The molecule has 1 N–H and O–H groups in total. The molecular formula is C11H15NO3. The molecular weight excluding hydrogens is 194 g/mol. The predicted molar refractivity (Wildman–Crippen MR) is 56.2 cm³/mol. The minimum Gasteiger partial charge on any atom is -0.469 e. The number of furan rings is 1. The molecule has 0 saturated carbocycles. The molecule has 0 aliphatic carbocycles. The second-order valence-corrected chi connectivity index (χ2v) is 3.21. The summed E-state index contributed by atoms with van der Waals surface area (Å²) in [7, 11) is 1.35. The van der Waals surface area contributed by atoms with Gasteiger partial charge in [0.1, 0.15) is 5.76 Å². The lowest BCUT2D eigenvalue weighted by molar-refractivity contribution is -0.134. The molecule has 1 unspecified atom stereocenters. The smallest absolute Gasteiger partial charge is 0.331 e. The number of methoxy groups -OCH3 is 1. The van der Waals surface area contributed by atoms with E-state index in [4.69, 9.17) is 4.42 Å². The number of carbonyl (C=O) groups excluding carboxylic acids is 1. The lowest BCUT2D eigenvalue weighted by Crippen LogP contribution is -2.22. The number of ether oxygens (including phenoxy) is 1. The van der Waals surface area contributed by atoms with Gasteiger partial charge in [-0.15, -0.1) is 0 Å². The van der Waals surface area contributed by atoms with Crippen molar-refractivity contribution in [2.75, 3.05) is 7.11 Å². The molecule has 1 rings (SSSR count). The number of rotatable bonds is 5. The van der Waals surface area contributed by atoms with Crippen LogP contribution in [0.2, 0.25) is 0 Å². The zero-order valence-corrected chi connectivity index (χ0v) is 8.90. The lowest BCUT2D eigenvalue weighted by Gasteiger charge is -2.08. The Balaban J connectivity index is 2.27. The summed E-state index contributed by atoms with van der Waals surface area (Å²) in [5.74, 6) is 0.550. The fourth-order valence-corrected chi connectivity index (χ4v) is 1.14. The average molecular weight is 209 g/mol. The number of hydrogen-bond donors (Lipinski definition) is 1. The summed E-state index contributed by atoms with van der Waals surface area (Å²) in [6.45, 7) is 2.00. The van der Waals surface area contributed by atoms with Gasteiger partial charge < -0.3 is 14.5 Å². The maximum Gasteiger partial charge on any atom is 0.331 e. The Hall–Kier alpha value is -1.71. The predicted octanol–water partition coefficient (Wildman–Crippen LogP) is 1.49. The molecule has 0 fully saturated rings. The van der Waals surface area contributed by atoms with Crippen LogP contribution in [0.1, 0.15) is 12.7 Å². The number of hydrogen-bond acceptors (Lipinski definition) is 4. The molecule has 1 heterocycles. The SMILES string of the molecule is COC(=O)/C=C/NC(C)Cc1ccco1. The van der Waals surface area contributed by atoms with Crippen LogP contribution >= 0.6 is 0 Å². The van der Waals surface area contributed by atoms with Gasteiger partial charge in [-0.05, 0) is 19.1 Å². The second-order valence-electron chi connectivity index (χ2n) is 3.21. The summed E-state index contributed by atoms with van der Waals surface area (Å²) >= 11 is 0. The highest BCUT2D eigenvalue weighted by atomic mass is 16.5. The van der Waals surface area contributed by atoms with Gasteiger partial charge in [0.05, 0.1) is 13.4 Å². The summed E-state index contributed by atoms with van der Waals surface area (Å²) < 4.78 is 9.65. The van der Waals surface area contributed by atoms with E-state index in [2.05, 4.69) is 10.1 Å². The van der Waals surface area contributed by atoms with Crippen molar-refractivity contribution < 1.29 is 13.9 Å². The number of esters is 1. The van der Waals surface area contributed by atoms with Crippen LogP contribution in [0.15, 0.2) is 35.1 Å². The van der Waals surface area contributed by atoms with Crippen molar-refractivity contribution in [2.24, 2.45) is 0 Å². The highest BCUT2D eigenvalue weighted by Crippen LogP contribution is 2.03. The van der Waals surface area contributed by atoms with Crippen LogP contribution < -0.4 is 5.32 Å². The van der Waals surface area contributed by atoms with Gasteiger partial charge in [0.25, 0.3) is 0 Å². The van der Waals surface area contributed by atoms with E-state index in [1.807, 2.05) is 19.1 Å². The molecule has 0 bridgehead atoms. The normalized spacial score (nSPS) is 12.7. The van der Waals surface area contributed by atoms with E-state index in [0.29, 0.717) is 0 Å². The minimum atomic E-state index is -0.368. The topological polar surface area (TPSA) is 51.5 Å². The van der Waals surface area contributed by atoms with Crippen LogP contribution in [0.25, 0.3) is 0 Å². The Labute approximate surface area is 88.9 Å². The zero-order valence-electron chi connectivity index (χ0n) is 8.90. The number of nitrogens with one attached hydrogen (secondary N) is 1. The van der Waals surface area contributed by atoms with E-state index in [-0.39, 0.29) is 12.0 Å². The molecule has 0 aromatic carbocycles. The maximum atomic E-state index is 10.7. The van der Waals surface area contributed by atoms with Gasteiger partial charge >= 0.3 is 5.97 Å². The van der Waals surface area contributed by atoms with E-state index >= 15 is 0 Å². The molecule has 82 valence electrons. The maximum absolute atomic E-state index is 10.7. The van der Waals surface area contributed by atoms with Gasteiger partial charge in [-0.1, -0.05) is 0 Å². The van der Waals surface area contributed by atoms with Gasteiger partial charge in [-0.3, -0.25) is 0 Å². The monoisotopic (exact) mass is 209 g/mol. The zero-order chi connectivity index (χ0) is 11.1. The van der Waals surface area contributed by atoms with Crippen molar-refractivity contribution in [3.8, 4) is 0 Å². The molecule has 1 aromatic rings. The highest BCUT2D eigenvalue weighted by molar-refractivity contribution is 5.81. The molecule has 0 aliphatic heterocycles. The standard InChI is InChI=1S/C11H15NO3/c1-9(8-10-4-3-7-15-10)12-6-5-11(13)14-2/h3-7,9,12H,8H2,1-2H3/b6-5+. The van der Waals surface area contributed by atoms with Crippen LogP contribution in [-0.4, -0.2) is 19.1 Å². The third-order valence-corrected chi connectivity index (χ3v) is 1.89. The Morgan fingerprint density at radius 2 is 2.53 bits per heavy atom. The third-order valence-electron chi connectivity index (χ3n) is 1.89. The van der Waals surface area contributed by atoms with Gasteiger partial charge in [0, 0.05) is 24.7 Å². The minimum absolute atomic E-state index is 0.206. The molecule has 1 aromatic heterocycles. The van der Waals surface area contributed by atoms with E-state index in [1.54, 1.807) is 12.5 Å². The Morgan fingerprint density at radius 1 is 1.73 bits per heavy atom. The van der Waals surface area contributed by atoms with Crippen LogP contribution in [0, 0.1) is 0 Å². The van der Waals surface area contributed by atoms with E-state index in [1.165, 1.54) is 13.2 Å². The largest absolute Gasteiger partial charge is 0.469 e. The molecule has 0 saturated heterocycles. The highest BCUT2D eigenvalue weighted by Gasteiger charge is 2.02. The van der Waals surface area contributed by atoms with Crippen molar-refractivity contribution >= 4 is 5.97 Å². The summed E-state index contributed by atoms with van der Waals surface area (Å²) in [6, 6.07) is 3.98. The lowest BCUT2D eigenvalue weighted by atomic mass is 10.2. The van der Waals surface area contributed by atoms with Crippen molar-refractivity contribution in [3.05, 3.63) is 36.4 Å². The van der Waals surface area contributed by atoms with Gasteiger partial charge in [-0.2, -0.15) is 0 Å². The summed E-state index contributed by atoms with van der Waals surface area (Å²) in [5.41, 5.74) is 0. The van der Waals surface area contributed by atoms with Crippen LogP contribution in [0.4, 0.5) is 0 Å². The van der Waals surface area contributed by atoms with Crippen molar-refractivity contribution in [3.63, 3.8) is 0 Å². The molecule has 0 spiro atoms. The fraction of sp³-hybridized carbons (Fsp3) is 0.364. The molecule has 4 nitrogen and oxygen atoms in total. The van der Waals surface area contributed by atoms with Crippen molar-refractivity contribution in [1.29, 1.82) is 0 Å². The number of carbonyl (C=O) groups is 1. The molecule has 4 heteroatoms. The Bertz CT molecular complexity index is 317.